The first-order valence-electron chi connectivity index (χ1n) is 9.03. The van der Waals surface area contributed by atoms with E-state index in [-0.39, 0.29) is 6.04 Å². The Hall–Kier alpha value is -2.44. The molecular formula is C20H19Cl2N5O. The normalized spacial score (nSPS) is 15.6. The molecule has 0 aliphatic carbocycles. The smallest absolute Gasteiger partial charge is 0.209 e. The van der Waals surface area contributed by atoms with Crippen LogP contribution in [-0.2, 0) is 4.79 Å². The van der Waals surface area contributed by atoms with E-state index < -0.39 is 0 Å². The standard InChI is InChI=1S/C20H19Cl2N5O/c1-12-19-20(24-18(10-23-19)14-5-7-26(11-28)8-6-14)27(25-12)13(2)16-4-3-15(21)9-17(16)22/h3-5,9-11,13H,6-8H2,1-2H3. The van der Waals surface area contributed by atoms with Gasteiger partial charge in [-0.1, -0.05) is 35.3 Å². The fourth-order valence-electron chi connectivity index (χ4n) is 3.46. The van der Waals surface area contributed by atoms with Gasteiger partial charge in [0.2, 0.25) is 6.41 Å². The Labute approximate surface area is 172 Å². The molecule has 0 spiro atoms. The first-order valence-corrected chi connectivity index (χ1v) is 9.79. The van der Waals surface area contributed by atoms with Crippen LogP contribution in [0.15, 0.2) is 30.5 Å². The molecule has 4 rings (SSSR count). The molecule has 0 N–H and O–H groups in total. The zero-order chi connectivity index (χ0) is 19.8. The average molecular weight is 416 g/mol. The molecule has 28 heavy (non-hydrogen) atoms. The van der Waals surface area contributed by atoms with Gasteiger partial charge in [0.25, 0.3) is 0 Å². The highest BCUT2D eigenvalue weighted by molar-refractivity contribution is 6.35. The van der Waals surface area contributed by atoms with Crippen LogP contribution < -0.4 is 0 Å². The summed E-state index contributed by atoms with van der Waals surface area (Å²) in [5.74, 6) is 0. The molecule has 3 heterocycles. The van der Waals surface area contributed by atoms with Crippen molar-refractivity contribution in [1.29, 1.82) is 0 Å². The van der Waals surface area contributed by atoms with E-state index in [0.717, 1.165) is 40.9 Å². The minimum atomic E-state index is -0.128. The highest BCUT2D eigenvalue weighted by Crippen LogP contribution is 2.31. The molecule has 2 aromatic heterocycles. The van der Waals surface area contributed by atoms with E-state index in [1.807, 2.05) is 36.7 Å². The van der Waals surface area contributed by atoms with Crippen LogP contribution in [0, 0.1) is 6.92 Å². The van der Waals surface area contributed by atoms with Crippen molar-refractivity contribution in [2.75, 3.05) is 13.1 Å². The van der Waals surface area contributed by atoms with Crippen LogP contribution in [0.2, 0.25) is 10.0 Å². The molecule has 0 saturated carbocycles. The number of benzene rings is 1. The van der Waals surface area contributed by atoms with Gasteiger partial charge in [0.1, 0.15) is 5.52 Å². The maximum atomic E-state index is 10.9. The first-order chi connectivity index (χ1) is 13.5. The van der Waals surface area contributed by atoms with Crippen LogP contribution >= 0.6 is 23.2 Å². The molecule has 6 nitrogen and oxygen atoms in total. The van der Waals surface area contributed by atoms with Gasteiger partial charge < -0.3 is 4.90 Å². The number of carbonyl (C=O) groups is 1. The summed E-state index contributed by atoms with van der Waals surface area (Å²) in [5, 5.41) is 5.85. The summed E-state index contributed by atoms with van der Waals surface area (Å²) in [6.45, 7) is 5.22. The fourth-order valence-corrected chi connectivity index (χ4v) is 4.03. The number of halogens is 2. The highest BCUT2D eigenvalue weighted by atomic mass is 35.5. The second-order valence-corrected chi connectivity index (χ2v) is 7.72. The van der Waals surface area contributed by atoms with Gasteiger partial charge in [-0.25, -0.2) is 14.6 Å². The average Bonchev–Trinajstić information content (AvgIpc) is 3.03. The molecule has 1 amide bonds. The van der Waals surface area contributed by atoms with Crippen molar-refractivity contribution >= 4 is 46.3 Å². The van der Waals surface area contributed by atoms with E-state index in [4.69, 9.17) is 28.2 Å². The Morgan fingerprint density at radius 3 is 2.79 bits per heavy atom. The van der Waals surface area contributed by atoms with Crippen LogP contribution in [0.1, 0.15) is 36.3 Å². The summed E-state index contributed by atoms with van der Waals surface area (Å²) in [7, 11) is 0. The van der Waals surface area contributed by atoms with Crippen molar-refractivity contribution in [1.82, 2.24) is 24.6 Å². The number of aryl methyl sites for hydroxylation is 1. The van der Waals surface area contributed by atoms with Gasteiger partial charge >= 0.3 is 0 Å². The lowest BCUT2D eigenvalue weighted by Crippen LogP contribution is -2.27. The quantitative estimate of drug-likeness (QED) is 0.595. The molecule has 8 heteroatoms. The number of nitrogens with zero attached hydrogens (tertiary/aromatic N) is 5. The third kappa shape index (κ3) is 3.38. The number of hydrogen-bond acceptors (Lipinski definition) is 4. The van der Waals surface area contributed by atoms with E-state index in [1.165, 1.54) is 0 Å². The molecule has 1 aliphatic heterocycles. The van der Waals surface area contributed by atoms with Gasteiger partial charge in [-0.2, -0.15) is 5.10 Å². The van der Waals surface area contributed by atoms with Gasteiger partial charge in [-0.15, -0.1) is 0 Å². The van der Waals surface area contributed by atoms with Crippen molar-refractivity contribution in [3.63, 3.8) is 0 Å². The third-order valence-corrected chi connectivity index (χ3v) is 5.63. The lowest BCUT2D eigenvalue weighted by Gasteiger charge is -2.22. The van der Waals surface area contributed by atoms with Crippen molar-refractivity contribution in [3.05, 3.63) is 57.5 Å². The second-order valence-electron chi connectivity index (χ2n) is 6.88. The summed E-state index contributed by atoms with van der Waals surface area (Å²) in [5.41, 5.74) is 5.12. The van der Waals surface area contributed by atoms with Crippen molar-refractivity contribution in [3.8, 4) is 0 Å². The van der Waals surface area contributed by atoms with E-state index in [0.29, 0.717) is 28.8 Å². The van der Waals surface area contributed by atoms with E-state index >= 15 is 0 Å². The lowest BCUT2D eigenvalue weighted by molar-refractivity contribution is -0.117. The number of aromatic nitrogens is 4. The predicted octanol–water partition coefficient (Wildman–Crippen LogP) is 4.30. The molecule has 0 radical (unpaired) electrons. The van der Waals surface area contributed by atoms with Gasteiger partial charge in [0.05, 0.1) is 23.6 Å². The van der Waals surface area contributed by atoms with Crippen LogP contribution in [0.4, 0.5) is 0 Å². The molecular weight excluding hydrogens is 397 g/mol. The summed E-state index contributed by atoms with van der Waals surface area (Å²) >= 11 is 12.4. The maximum Gasteiger partial charge on any atom is 0.209 e. The third-order valence-electron chi connectivity index (χ3n) is 5.07. The van der Waals surface area contributed by atoms with E-state index in [9.17, 15) is 4.79 Å². The Bertz CT molecular complexity index is 1090. The zero-order valence-corrected chi connectivity index (χ0v) is 17.1. The summed E-state index contributed by atoms with van der Waals surface area (Å²) in [4.78, 5) is 22.1. The molecule has 1 unspecified atom stereocenters. The molecule has 0 saturated heterocycles. The minimum absolute atomic E-state index is 0.128. The summed E-state index contributed by atoms with van der Waals surface area (Å²) < 4.78 is 1.86. The lowest BCUT2D eigenvalue weighted by atomic mass is 10.1. The molecule has 1 atom stereocenters. The zero-order valence-electron chi connectivity index (χ0n) is 15.6. The SMILES string of the molecule is Cc1nn(C(C)c2ccc(Cl)cc2Cl)c2nc(C3=CCN(C=O)CC3)cnc12. The topological polar surface area (TPSA) is 63.9 Å². The monoisotopic (exact) mass is 415 g/mol. The molecule has 0 fully saturated rings. The molecule has 1 aromatic carbocycles. The molecule has 1 aliphatic rings. The Morgan fingerprint density at radius 2 is 2.11 bits per heavy atom. The number of amides is 1. The number of carbonyl (C=O) groups excluding carboxylic acids is 1. The van der Waals surface area contributed by atoms with Crippen molar-refractivity contribution in [2.45, 2.75) is 26.3 Å². The second kappa shape index (κ2) is 7.53. The number of rotatable bonds is 4. The first kappa shape index (κ1) is 18.9. The van der Waals surface area contributed by atoms with E-state index in [2.05, 4.69) is 10.1 Å². The summed E-state index contributed by atoms with van der Waals surface area (Å²) in [6.07, 6.45) is 5.44. The summed E-state index contributed by atoms with van der Waals surface area (Å²) in [6, 6.07) is 5.33. The Morgan fingerprint density at radius 1 is 1.29 bits per heavy atom. The predicted molar refractivity (Wildman–Crippen MR) is 111 cm³/mol. The Kier molecular flexibility index (Phi) is 5.08. The van der Waals surface area contributed by atoms with Crippen LogP contribution in [-0.4, -0.2) is 44.1 Å². The number of hydrogen-bond donors (Lipinski definition) is 0. The molecule has 0 bridgehead atoms. The van der Waals surface area contributed by atoms with Crippen LogP contribution in [0.25, 0.3) is 16.7 Å². The van der Waals surface area contributed by atoms with Gasteiger partial charge in [-0.05, 0) is 43.5 Å². The van der Waals surface area contributed by atoms with Gasteiger partial charge in [0.15, 0.2) is 5.65 Å². The van der Waals surface area contributed by atoms with Crippen LogP contribution in [0.5, 0.6) is 0 Å². The molecule has 3 aromatic rings. The molecule has 144 valence electrons. The van der Waals surface area contributed by atoms with Crippen molar-refractivity contribution < 1.29 is 4.79 Å². The van der Waals surface area contributed by atoms with Gasteiger partial charge in [0, 0.05) is 23.1 Å². The fraction of sp³-hybridized carbons (Fsp3) is 0.300. The van der Waals surface area contributed by atoms with Crippen LogP contribution in [0.3, 0.4) is 0 Å². The minimum Gasteiger partial charge on any atom is -0.341 e. The number of fused-ring (bicyclic) bond motifs is 1. The van der Waals surface area contributed by atoms with E-state index in [1.54, 1.807) is 17.2 Å². The van der Waals surface area contributed by atoms with Crippen molar-refractivity contribution in [2.24, 2.45) is 0 Å². The maximum absolute atomic E-state index is 10.9. The van der Waals surface area contributed by atoms with Gasteiger partial charge in [-0.3, -0.25) is 4.79 Å². The largest absolute Gasteiger partial charge is 0.341 e. The highest BCUT2D eigenvalue weighted by Gasteiger charge is 2.20. The Balaban J connectivity index is 1.77.